The van der Waals surface area contributed by atoms with Gasteiger partial charge in [0.15, 0.2) is 0 Å². The summed E-state index contributed by atoms with van der Waals surface area (Å²) in [6.45, 7) is 11.1. The van der Waals surface area contributed by atoms with E-state index in [1.165, 1.54) is 0 Å². The van der Waals surface area contributed by atoms with Crippen molar-refractivity contribution in [3.8, 4) is 134 Å². The minimum Gasteiger partial charge on any atom is -0.233 e. The predicted molar refractivity (Wildman–Crippen MR) is 588 cm³/mol. The Hall–Kier alpha value is -18.5. The lowest BCUT2D eigenvalue weighted by Crippen LogP contribution is -1.96. The van der Waals surface area contributed by atoms with Crippen molar-refractivity contribution in [2.24, 2.45) is 0 Å². The lowest BCUT2D eigenvalue weighted by atomic mass is 9.95. The Labute approximate surface area is 841 Å². The van der Waals surface area contributed by atoms with Crippen molar-refractivity contribution in [3.05, 3.63) is 520 Å². The first-order valence-electron chi connectivity index (χ1n) is 52.3. The zero-order valence-electron chi connectivity index (χ0n) is 89.7. The normalized spacial score (nSPS) is 12.0. The molecule has 12 nitrogen and oxygen atoms in total. The fourth-order valence-electron chi connectivity index (χ4n) is 17.7. The Kier molecular flexibility index (Phi) is 23.7. The number of rotatable bonds is 12. The van der Waals surface area contributed by atoms with Crippen LogP contribution in [0.5, 0.6) is 0 Å². The summed E-state index contributed by atoms with van der Waals surface area (Å²) >= 11 is 0. The maximum Gasteiger partial charge on any atom is 0.126 e. The van der Waals surface area contributed by atoms with Gasteiger partial charge in [0.25, 0.3) is 0 Å². The van der Waals surface area contributed by atoms with Gasteiger partial charge in [0, 0.05) is 65.7 Å². The van der Waals surface area contributed by atoms with Crippen LogP contribution in [0, 0.1) is 41.5 Å². The first-order chi connectivity index (χ1) is 74.5. The van der Waals surface area contributed by atoms with Crippen LogP contribution in [0.15, 0.2) is 485 Å². The molecule has 0 atom stereocenters. The number of fused-ring (bicyclic) bond motifs is 7. The van der Waals surface area contributed by atoms with Crippen LogP contribution in [0.1, 0.15) is 50.0 Å². The summed E-state index contributed by atoms with van der Waals surface area (Å²) in [6.07, 6.45) is 0. The highest BCUT2D eigenvalue weighted by atomic mass is 14.9. The third-order valence-electron chi connectivity index (χ3n) is 24.0. The molecule has 0 saturated carbocycles. The molecule has 6 aromatic heterocycles. The lowest BCUT2D eigenvalue weighted by molar-refractivity contribution is 1.10. The molecule has 12 heteroatoms. The summed E-state index contributed by atoms with van der Waals surface area (Å²) in [6, 6.07) is 138. The average molecular weight is 1840 g/mol. The Morgan fingerprint density at radius 1 is 0.141 bits per heavy atom. The van der Waals surface area contributed by atoms with Gasteiger partial charge in [-0.15, -0.1) is 0 Å². The molecule has 0 bridgehead atoms. The van der Waals surface area contributed by atoms with E-state index in [-0.39, 0.29) is 48.3 Å². The van der Waals surface area contributed by atoms with Gasteiger partial charge in [-0.3, -0.25) is 0 Å². The third-order valence-corrected chi connectivity index (χ3v) is 24.0. The van der Waals surface area contributed by atoms with Crippen LogP contribution in [-0.4, -0.2) is 59.8 Å². The average Bonchev–Trinajstić information content (AvgIpc) is 0.739. The summed E-state index contributed by atoms with van der Waals surface area (Å²) in [4.78, 5) is 55.3. The molecular weight excluding hydrogens is 1730 g/mol. The molecule has 0 N–H and O–H groups in total. The molecule has 25 rings (SSSR count). The molecule has 0 aliphatic heterocycles. The van der Waals surface area contributed by atoms with E-state index in [2.05, 4.69) is 76.3 Å². The molecule has 19 aromatic carbocycles. The maximum absolute atomic E-state index is 8.71. The van der Waals surface area contributed by atoms with E-state index in [9.17, 15) is 0 Å². The van der Waals surface area contributed by atoms with Crippen molar-refractivity contribution in [3.63, 3.8) is 0 Å². The zero-order valence-corrected chi connectivity index (χ0v) is 78.7. The molecule has 0 aliphatic carbocycles. The van der Waals surface area contributed by atoms with Crippen molar-refractivity contribution >= 4 is 76.2 Å². The van der Waals surface area contributed by atoms with Gasteiger partial charge >= 0.3 is 0 Å². The SMILES string of the molecule is [2H]c1c([2H])c(-c2ccc3ccccc3c2)c2c(-c3ccccc3)nc(C)nc2c1[2H].[2H]c1c([2H])c(-c2ccccc2)c2c(-c3ccccc3)nc(C)nc2c1[2H].[2H]c1cc(-c2ccccc2)c2c(-c3ccccc3)nc(C)nc2c1.[2H]c1cc2nc(C)nc(-c3ccccc3)c2c(-c2ccccc2)c1[2H].[2H]c1ccc(-c2ccccc2)c2c(-c3ccccc3)nc(C)nc12.[2H]c1ccc2nc(C)nc(-c3ccccc3)c2c1-c1ccccc1. The van der Waals surface area contributed by atoms with Gasteiger partial charge in [0.05, 0.1) is 82.3 Å². The van der Waals surface area contributed by atoms with Crippen molar-refractivity contribution in [2.45, 2.75) is 41.5 Å². The van der Waals surface area contributed by atoms with Gasteiger partial charge in [0.2, 0.25) is 0 Å². The second-order valence-corrected chi connectivity index (χ2v) is 33.7. The number of aromatic nitrogens is 12. The molecule has 0 spiro atoms. The fourth-order valence-corrected chi connectivity index (χ4v) is 17.7. The number of aryl methyl sites for hydroxylation is 6. The smallest absolute Gasteiger partial charge is 0.126 e. The predicted octanol–water partition coefficient (Wildman–Crippen LogP) is 32.8. The molecule has 142 heavy (non-hydrogen) atoms. The van der Waals surface area contributed by atoms with Crippen LogP contribution in [0.4, 0.5) is 0 Å². The zero-order chi connectivity index (χ0) is 106. The minimum absolute atomic E-state index is 0.0208. The molecule has 0 saturated heterocycles. The molecule has 678 valence electrons. The first-order valence-corrected chi connectivity index (χ1v) is 46.8. The van der Waals surface area contributed by atoms with E-state index in [0.717, 1.165) is 155 Å². The summed E-state index contributed by atoms with van der Waals surface area (Å²) in [5, 5.41) is 7.15. The fraction of sp³-hybridized carbons (Fsp3) is 0.0462. The Bertz CT molecular complexity index is 9320. The second kappa shape index (κ2) is 42.8. The van der Waals surface area contributed by atoms with E-state index in [0.29, 0.717) is 108 Å². The van der Waals surface area contributed by atoms with Gasteiger partial charge in [0.1, 0.15) is 34.9 Å². The standard InChI is InChI=1S/C25H18N2.5C21H16N2/c1-17-26-23-13-7-12-22(21-15-14-18-8-5-6-11-20(18)16-21)24(23)25(27-17)19-9-3-2-4-10-19;5*1-15-22-19-14-8-13-18(16-9-4-2-5-10-16)20(19)21(23-15)17-11-6-3-7-12-17/h2-16H,1H3;5*2-14H,1H3/i7D,12D,13D;8D,13D,14D;8D,13D;14D;13D;8D. The van der Waals surface area contributed by atoms with Crippen molar-refractivity contribution in [1.29, 1.82) is 0 Å². The number of benzene rings is 19. The lowest BCUT2D eigenvalue weighted by Gasteiger charge is -2.13. The largest absolute Gasteiger partial charge is 0.233 e. The summed E-state index contributed by atoms with van der Waals surface area (Å²) < 4.78 is 92.2. The second-order valence-electron chi connectivity index (χ2n) is 33.7. The van der Waals surface area contributed by atoms with E-state index in [4.69, 9.17) is 35.0 Å². The van der Waals surface area contributed by atoms with Gasteiger partial charge in [-0.2, -0.15) is 0 Å². The van der Waals surface area contributed by atoms with E-state index in [1.807, 2.05) is 404 Å². The highest BCUT2D eigenvalue weighted by molar-refractivity contribution is 6.10. The number of hydrogen-bond donors (Lipinski definition) is 0. The topological polar surface area (TPSA) is 155 Å². The van der Waals surface area contributed by atoms with Crippen LogP contribution in [0.25, 0.3) is 210 Å². The molecule has 6 heterocycles. The number of nitrogens with zero attached hydrogens (tertiary/aromatic N) is 12. The van der Waals surface area contributed by atoms with E-state index >= 15 is 0 Å². The number of hydrogen-bond acceptors (Lipinski definition) is 12. The summed E-state index contributed by atoms with van der Waals surface area (Å²) in [5.74, 6) is 3.86. The minimum atomic E-state index is -0.122. The molecule has 0 fully saturated rings. The van der Waals surface area contributed by atoms with Crippen molar-refractivity contribution < 1.29 is 15.1 Å². The molecule has 0 unspecified atom stereocenters. The van der Waals surface area contributed by atoms with Gasteiger partial charge < -0.3 is 0 Å². The highest BCUT2D eigenvalue weighted by Crippen LogP contribution is 2.43. The van der Waals surface area contributed by atoms with Crippen LogP contribution in [-0.2, 0) is 0 Å². The molecule has 0 amide bonds. The van der Waals surface area contributed by atoms with Crippen molar-refractivity contribution in [2.75, 3.05) is 0 Å². The Morgan fingerprint density at radius 2 is 0.373 bits per heavy atom. The van der Waals surface area contributed by atoms with Gasteiger partial charge in [-0.1, -0.05) is 443 Å². The summed E-state index contributed by atoms with van der Waals surface area (Å²) in [7, 11) is 0. The van der Waals surface area contributed by atoms with E-state index < -0.39 is 0 Å². The first kappa shape index (κ1) is 78.6. The third kappa shape index (κ3) is 20.5. The van der Waals surface area contributed by atoms with Crippen molar-refractivity contribution in [1.82, 2.24) is 59.8 Å². The van der Waals surface area contributed by atoms with Crippen LogP contribution in [0.2, 0.25) is 0 Å². The molecule has 0 radical (unpaired) electrons. The molecule has 0 aliphatic rings. The Morgan fingerprint density at radius 3 is 0.718 bits per heavy atom. The maximum atomic E-state index is 8.71. The quantitative estimate of drug-likeness (QED) is 0.114. The van der Waals surface area contributed by atoms with Gasteiger partial charge in [-0.25, -0.2) is 59.8 Å². The molecule has 25 aromatic rings. The van der Waals surface area contributed by atoms with Crippen LogP contribution >= 0.6 is 0 Å². The van der Waals surface area contributed by atoms with Crippen LogP contribution in [0.3, 0.4) is 0 Å². The van der Waals surface area contributed by atoms with E-state index in [1.54, 1.807) is 19.9 Å². The Balaban J connectivity index is 0.000000111. The van der Waals surface area contributed by atoms with Gasteiger partial charge in [-0.05, 0) is 161 Å². The summed E-state index contributed by atoms with van der Waals surface area (Å²) in [5.41, 5.74) is 25.2. The molecular formula is C130H98N12. The monoisotopic (exact) mass is 1840 g/mol. The van der Waals surface area contributed by atoms with Crippen LogP contribution < -0.4 is 0 Å². The highest BCUT2D eigenvalue weighted by Gasteiger charge is 2.22.